The zero-order chi connectivity index (χ0) is 27.0. The summed E-state index contributed by atoms with van der Waals surface area (Å²) in [5.74, 6) is -1.79. The van der Waals surface area contributed by atoms with Crippen molar-refractivity contribution in [1.29, 1.82) is 0 Å². The smallest absolute Gasteiger partial charge is 0.296 e. The number of carbonyl (C=O) groups is 2. The number of rotatable bonds is 7. The summed E-state index contributed by atoms with van der Waals surface area (Å²) in [7, 11) is -9.45. The Kier molecular flexibility index (Phi) is 8.04. The predicted molar refractivity (Wildman–Crippen MR) is 131 cm³/mol. The lowest BCUT2D eigenvalue weighted by molar-refractivity contribution is -0.118. The van der Waals surface area contributed by atoms with Crippen molar-refractivity contribution in [3.05, 3.63) is 40.4 Å². The van der Waals surface area contributed by atoms with Gasteiger partial charge in [0.2, 0.25) is 5.91 Å². The Morgan fingerprint density at radius 3 is 2.31 bits per heavy atom. The molecule has 1 atom stereocenters. The van der Waals surface area contributed by atoms with Crippen molar-refractivity contribution in [2.75, 3.05) is 16.2 Å². The second kappa shape index (κ2) is 10.4. The molecule has 0 fully saturated rings. The summed E-state index contributed by atoms with van der Waals surface area (Å²) in [4.78, 5) is 23.2. The monoisotopic (exact) mass is 597 g/mol. The van der Waals surface area contributed by atoms with Crippen molar-refractivity contribution in [2.24, 2.45) is 15.3 Å². The van der Waals surface area contributed by atoms with Gasteiger partial charge in [0.1, 0.15) is 21.4 Å². The molecule has 0 radical (unpaired) electrons. The zero-order valence-corrected chi connectivity index (χ0v) is 21.7. The zero-order valence-electron chi connectivity index (χ0n) is 17.8. The summed E-state index contributed by atoms with van der Waals surface area (Å²) in [6.07, 6.45) is 0. The number of carbonyl (C=O) groups excluding carboxylic acids is 2. The molecule has 0 spiro atoms. The third kappa shape index (κ3) is 6.00. The molecular weight excluding hydrogens is 585 g/mol. The van der Waals surface area contributed by atoms with E-state index < -0.39 is 58.6 Å². The average molecular weight is 599 g/mol. The molecular formula is C18H14Cl3N5O8S2. The van der Waals surface area contributed by atoms with Gasteiger partial charge in [0.25, 0.3) is 26.1 Å². The van der Waals surface area contributed by atoms with Crippen molar-refractivity contribution in [3.8, 4) is 0 Å². The number of benzene rings is 2. The van der Waals surface area contributed by atoms with Crippen LogP contribution < -0.4 is 10.3 Å². The van der Waals surface area contributed by atoms with Crippen LogP contribution in [0.4, 0.5) is 17.1 Å². The van der Waals surface area contributed by atoms with Gasteiger partial charge in [0.05, 0.1) is 21.4 Å². The van der Waals surface area contributed by atoms with Crippen LogP contribution in [0.5, 0.6) is 0 Å². The Labute approximate surface area is 219 Å². The molecule has 3 N–H and O–H groups in total. The van der Waals surface area contributed by atoms with E-state index >= 15 is 0 Å². The second-order valence-electron chi connectivity index (χ2n) is 7.06. The topological polar surface area (TPSA) is 195 Å². The van der Waals surface area contributed by atoms with Crippen LogP contribution in [0.3, 0.4) is 0 Å². The number of nitrogens with one attached hydrogen (secondary N) is 1. The molecule has 2 aromatic rings. The molecule has 1 aliphatic heterocycles. The molecule has 13 nitrogen and oxygen atoms in total. The SMILES string of the molecule is CC1=NN(c2cc(Cl)c(S(=O)(=O)O)cc2Cl)C(=O)C1N=Nc1cc(NC(=O)CCl)ccc1S(=O)(=O)O. The minimum atomic E-state index is -4.76. The van der Waals surface area contributed by atoms with E-state index in [0.717, 1.165) is 29.3 Å². The lowest BCUT2D eigenvalue weighted by atomic mass is 10.2. The summed E-state index contributed by atoms with van der Waals surface area (Å²) in [6.45, 7) is 1.41. The van der Waals surface area contributed by atoms with Crippen LogP contribution in [0.2, 0.25) is 10.0 Å². The van der Waals surface area contributed by atoms with Crippen LogP contribution in [0, 0.1) is 0 Å². The van der Waals surface area contributed by atoms with Crippen LogP contribution in [-0.4, -0.2) is 55.4 Å². The molecule has 1 aliphatic rings. The quantitative estimate of drug-likeness (QED) is 0.244. The fraction of sp³-hybridized carbons (Fsp3) is 0.167. The number of anilines is 2. The van der Waals surface area contributed by atoms with Gasteiger partial charge in [-0.3, -0.25) is 18.7 Å². The van der Waals surface area contributed by atoms with E-state index in [0.29, 0.717) is 0 Å². The molecule has 0 bridgehead atoms. The van der Waals surface area contributed by atoms with Crippen LogP contribution in [-0.2, 0) is 29.8 Å². The minimum Gasteiger partial charge on any atom is -0.325 e. The van der Waals surface area contributed by atoms with E-state index in [4.69, 9.17) is 34.8 Å². The number of hydrazone groups is 1. The van der Waals surface area contributed by atoms with Crippen LogP contribution in [0.25, 0.3) is 0 Å². The van der Waals surface area contributed by atoms with Gasteiger partial charge in [-0.25, -0.2) is 0 Å². The maximum Gasteiger partial charge on any atom is 0.296 e. The standard InChI is InChI=1S/C18H14Cl3N5O8S2/c1-8-17(18(28)26(25-8)13-5-11(21)15(6-10(13)20)36(32,33)34)24-23-12-4-9(22-16(27)7-19)2-3-14(12)35(29,30)31/h2-6,17H,7H2,1H3,(H,22,27)(H,29,30,31)(H,32,33,34). The summed E-state index contributed by atoms with van der Waals surface area (Å²) in [5.41, 5.74) is -0.343. The highest BCUT2D eigenvalue weighted by Crippen LogP contribution is 2.36. The highest BCUT2D eigenvalue weighted by Gasteiger charge is 2.36. The molecule has 1 heterocycles. The first-order valence-electron chi connectivity index (χ1n) is 9.37. The molecule has 0 saturated carbocycles. The Hall–Kier alpha value is -2.66. The van der Waals surface area contributed by atoms with Gasteiger partial charge in [-0.15, -0.1) is 11.6 Å². The molecule has 36 heavy (non-hydrogen) atoms. The summed E-state index contributed by atoms with van der Waals surface area (Å²) in [6, 6.07) is 3.71. The Morgan fingerprint density at radius 2 is 1.72 bits per heavy atom. The predicted octanol–water partition coefficient (Wildman–Crippen LogP) is 3.54. The Morgan fingerprint density at radius 1 is 1.08 bits per heavy atom. The normalized spacial score (nSPS) is 16.5. The first-order valence-corrected chi connectivity index (χ1v) is 13.5. The van der Waals surface area contributed by atoms with E-state index in [-0.39, 0.29) is 28.0 Å². The fourth-order valence-corrected chi connectivity index (χ4v) is 4.95. The lowest BCUT2D eigenvalue weighted by Crippen LogP contribution is -2.30. The number of azo groups is 1. The maximum absolute atomic E-state index is 13.0. The Bertz CT molecular complexity index is 1540. The summed E-state index contributed by atoms with van der Waals surface area (Å²) in [5, 5.41) is 14.1. The molecule has 0 saturated heterocycles. The van der Waals surface area contributed by atoms with Crippen LogP contribution in [0.1, 0.15) is 6.92 Å². The molecule has 0 aliphatic carbocycles. The van der Waals surface area contributed by atoms with Crippen molar-refractivity contribution in [1.82, 2.24) is 0 Å². The highest BCUT2D eigenvalue weighted by molar-refractivity contribution is 7.86. The van der Waals surface area contributed by atoms with Gasteiger partial charge in [0.15, 0.2) is 6.04 Å². The molecule has 0 aromatic heterocycles. The van der Waals surface area contributed by atoms with Crippen molar-refractivity contribution >= 4 is 89.6 Å². The van der Waals surface area contributed by atoms with Crippen molar-refractivity contribution in [3.63, 3.8) is 0 Å². The molecule has 18 heteroatoms. The third-order valence-electron chi connectivity index (χ3n) is 4.53. The minimum absolute atomic E-state index is 0.0899. The van der Waals surface area contributed by atoms with Crippen LogP contribution >= 0.6 is 34.8 Å². The largest absolute Gasteiger partial charge is 0.325 e. The molecule has 3 rings (SSSR count). The first-order chi connectivity index (χ1) is 16.6. The number of nitrogens with zero attached hydrogens (tertiary/aromatic N) is 4. The number of amides is 2. The van der Waals surface area contributed by atoms with Gasteiger partial charge >= 0.3 is 0 Å². The van der Waals surface area contributed by atoms with Gasteiger partial charge in [-0.05, 0) is 37.3 Å². The fourth-order valence-electron chi connectivity index (χ4n) is 2.95. The number of halogens is 3. The molecule has 1 unspecified atom stereocenters. The van der Waals surface area contributed by atoms with Crippen molar-refractivity contribution in [2.45, 2.75) is 22.8 Å². The highest BCUT2D eigenvalue weighted by atomic mass is 35.5. The third-order valence-corrected chi connectivity index (χ3v) is 7.29. The first kappa shape index (κ1) is 27.9. The molecule has 192 valence electrons. The van der Waals surface area contributed by atoms with Gasteiger partial charge in [-0.1, -0.05) is 23.2 Å². The van der Waals surface area contributed by atoms with Gasteiger partial charge < -0.3 is 5.32 Å². The molecule has 2 aromatic carbocycles. The van der Waals surface area contributed by atoms with Gasteiger partial charge in [0, 0.05) is 5.69 Å². The number of hydrogen-bond donors (Lipinski definition) is 3. The van der Waals surface area contributed by atoms with E-state index in [9.17, 15) is 35.5 Å². The van der Waals surface area contributed by atoms with E-state index in [1.807, 2.05) is 0 Å². The van der Waals surface area contributed by atoms with E-state index in [2.05, 4.69) is 20.6 Å². The maximum atomic E-state index is 13.0. The van der Waals surface area contributed by atoms with Crippen LogP contribution in [0.15, 0.2) is 55.5 Å². The summed E-state index contributed by atoms with van der Waals surface area (Å²) < 4.78 is 65.0. The summed E-state index contributed by atoms with van der Waals surface area (Å²) >= 11 is 17.4. The lowest BCUT2D eigenvalue weighted by Gasteiger charge is -2.15. The van der Waals surface area contributed by atoms with Crippen molar-refractivity contribution < 1.29 is 35.5 Å². The van der Waals surface area contributed by atoms with E-state index in [1.165, 1.54) is 13.0 Å². The molecule has 2 amide bonds. The number of alkyl halides is 1. The van der Waals surface area contributed by atoms with Gasteiger partial charge in [-0.2, -0.15) is 37.2 Å². The van der Waals surface area contributed by atoms with E-state index in [1.54, 1.807) is 0 Å². The number of hydrogen-bond acceptors (Lipinski definition) is 9. The second-order valence-corrected chi connectivity index (χ2v) is 10.9. The average Bonchev–Trinajstić information content (AvgIpc) is 3.05. The Balaban J connectivity index is 1.97.